The van der Waals surface area contributed by atoms with Gasteiger partial charge in [0.25, 0.3) is 0 Å². The Morgan fingerprint density at radius 1 is 1.13 bits per heavy atom. The standard InChI is InChI=1S/C15H9BrF3N3O/c16-9-3-4-13(23)10(8-9)12-5-7-22(21-12)14-11(15(17,18)19)2-1-6-20-14/h1-8,23H. The number of phenolic OH excluding ortho intramolecular Hbond substituents is 1. The Hall–Kier alpha value is -2.35. The molecule has 3 aromatic rings. The third-order valence-corrected chi connectivity index (χ3v) is 3.63. The van der Waals surface area contributed by atoms with Gasteiger partial charge in [0.1, 0.15) is 11.3 Å². The average Bonchev–Trinajstić information content (AvgIpc) is 2.98. The molecule has 1 aromatic carbocycles. The molecule has 2 heterocycles. The van der Waals surface area contributed by atoms with Crippen molar-refractivity contribution in [2.24, 2.45) is 0 Å². The molecular weight excluding hydrogens is 375 g/mol. The smallest absolute Gasteiger partial charge is 0.420 e. The zero-order chi connectivity index (χ0) is 16.6. The highest BCUT2D eigenvalue weighted by Gasteiger charge is 2.34. The van der Waals surface area contributed by atoms with Gasteiger partial charge in [-0.1, -0.05) is 15.9 Å². The van der Waals surface area contributed by atoms with E-state index in [4.69, 9.17) is 0 Å². The summed E-state index contributed by atoms with van der Waals surface area (Å²) in [6, 6.07) is 8.43. The molecule has 0 radical (unpaired) electrons. The van der Waals surface area contributed by atoms with Crippen molar-refractivity contribution in [3.05, 3.63) is 58.8 Å². The van der Waals surface area contributed by atoms with Crippen molar-refractivity contribution < 1.29 is 18.3 Å². The molecule has 0 unspecified atom stereocenters. The van der Waals surface area contributed by atoms with Gasteiger partial charge in [0, 0.05) is 22.4 Å². The molecule has 8 heteroatoms. The summed E-state index contributed by atoms with van der Waals surface area (Å²) in [4.78, 5) is 3.77. The van der Waals surface area contributed by atoms with Crippen molar-refractivity contribution in [2.75, 3.05) is 0 Å². The molecule has 1 N–H and O–H groups in total. The van der Waals surface area contributed by atoms with Crippen molar-refractivity contribution in [2.45, 2.75) is 6.18 Å². The number of alkyl halides is 3. The van der Waals surface area contributed by atoms with E-state index in [1.165, 1.54) is 30.6 Å². The van der Waals surface area contributed by atoms with Gasteiger partial charge in [0.2, 0.25) is 0 Å². The maximum absolute atomic E-state index is 13.1. The number of hydrogen-bond acceptors (Lipinski definition) is 3. The van der Waals surface area contributed by atoms with Crippen LogP contribution in [0, 0.1) is 0 Å². The fraction of sp³-hybridized carbons (Fsp3) is 0.0667. The quantitative estimate of drug-likeness (QED) is 0.712. The Morgan fingerprint density at radius 3 is 2.65 bits per heavy atom. The molecule has 0 saturated carbocycles. The fourth-order valence-corrected chi connectivity index (χ4v) is 2.46. The highest BCUT2D eigenvalue weighted by atomic mass is 79.9. The first-order chi connectivity index (χ1) is 10.9. The van der Waals surface area contributed by atoms with Crippen molar-refractivity contribution >= 4 is 15.9 Å². The van der Waals surface area contributed by atoms with Crippen molar-refractivity contribution in [1.29, 1.82) is 0 Å². The molecule has 0 aliphatic carbocycles. The second kappa shape index (κ2) is 5.69. The molecular formula is C15H9BrF3N3O. The van der Waals surface area contributed by atoms with Crippen LogP contribution >= 0.6 is 15.9 Å². The van der Waals surface area contributed by atoms with E-state index in [9.17, 15) is 18.3 Å². The number of aromatic hydroxyl groups is 1. The molecule has 0 fully saturated rings. The summed E-state index contributed by atoms with van der Waals surface area (Å²) >= 11 is 3.28. The minimum atomic E-state index is -4.53. The first kappa shape index (κ1) is 15.5. The summed E-state index contributed by atoms with van der Waals surface area (Å²) in [5.74, 6) is -0.337. The lowest BCUT2D eigenvalue weighted by Crippen LogP contribution is -2.12. The van der Waals surface area contributed by atoms with E-state index in [0.29, 0.717) is 15.7 Å². The molecule has 0 spiro atoms. The van der Waals surface area contributed by atoms with Gasteiger partial charge in [-0.2, -0.15) is 18.3 Å². The molecule has 3 rings (SSSR count). The van der Waals surface area contributed by atoms with Gasteiger partial charge in [0.05, 0.1) is 5.69 Å². The number of benzene rings is 1. The molecule has 0 bridgehead atoms. The molecule has 118 valence electrons. The number of halogens is 4. The molecule has 0 amide bonds. The van der Waals surface area contributed by atoms with E-state index < -0.39 is 11.7 Å². The summed E-state index contributed by atoms with van der Waals surface area (Å²) in [5, 5.41) is 14.0. The van der Waals surface area contributed by atoms with Gasteiger partial charge in [-0.05, 0) is 36.4 Å². The van der Waals surface area contributed by atoms with Crippen LogP contribution in [0.25, 0.3) is 17.1 Å². The molecule has 23 heavy (non-hydrogen) atoms. The van der Waals surface area contributed by atoms with Gasteiger partial charge >= 0.3 is 6.18 Å². The second-order valence-corrected chi connectivity index (χ2v) is 5.60. The van der Waals surface area contributed by atoms with Crippen LogP contribution in [-0.4, -0.2) is 19.9 Å². The van der Waals surface area contributed by atoms with E-state index in [1.54, 1.807) is 12.1 Å². The van der Waals surface area contributed by atoms with Gasteiger partial charge in [-0.15, -0.1) is 0 Å². The minimum absolute atomic E-state index is 0.0180. The van der Waals surface area contributed by atoms with Crippen LogP contribution in [-0.2, 0) is 6.18 Å². The van der Waals surface area contributed by atoms with Gasteiger partial charge < -0.3 is 5.11 Å². The van der Waals surface area contributed by atoms with Gasteiger partial charge in [-0.25, -0.2) is 9.67 Å². The maximum Gasteiger partial charge on any atom is 0.420 e. The first-order valence-corrected chi connectivity index (χ1v) is 7.23. The van der Waals surface area contributed by atoms with Crippen LogP contribution in [0.15, 0.2) is 53.3 Å². The number of pyridine rings is 1. The minimum Gasteiger partial charge on any atom is -0.507 e. The van der Waals surface area contributed by atoms with Crippen molar-refractivity contribution in [1.82, 2.24) is 14.8 Å². The summed E-state index contributed by atoms with van der Waals surface area (Å²) in [5.41, 5.74) is -0.140. The molecule has 0 atom stereocenters. The van der Waals surface area contributed by atoms with Crippen LogP contribution in [0.3, 0.4) is 0 Å². The third kappa shape index (κ3) is 3.07. The lowest BCUT2D eigenvalue weighted by atomic mass is 10.1. The van der Waals surface area contributed by atoms with Crippen molar-refractivity contribution in [3.63, 3.8) is 0 Å². The number of phenols is 1. The van der Waals surface area contributed by atoms with E-state index in [0.717, 1.165) is 10.7 Å². The summed E-state index contributed by atoms with van der Waals surface area (Å²) in [6.45, 7) is 0. The summed E-state index contributed by atoms with van der Waals surface area (Å²) in [6.07, 6.45) is -1.90. The highest BCUT2D eigenvalue weighted by Crippen LogP contribution is 2.34. The summed E-state index contributed by atoms with van der Waals surface area (Å²) < 4.78 is 40.9. The monoisotopic (exact) mass is 383 g/mol. The SMILES string of the molecule is Oc1ccc(Br)cc1-c1ccn(-c2ncccc2C(F)(F)F)n1. The molecule has 4 nitrogen and oxygen atoms in total. The Balaban J connectivity index is 2.09. The predicted octanol–water partition coefficient (Wildman–Crippen LogP) is 4.42. The fourth-order valence-electron chi connectivity index (χ4n) is 2.10. The second-order valence-electron chi connectivity index (χ2n) is 4.68. The Morgan fingerprint density at radius 2 is 1.91 bits per heavy atom. The predicted molar refractivity (Wildman–Crippen MR) is 81.2 cm³/mol. The van der Waals surface area contributed by atoms with Crippen LogP contribution in [0.1, 0.15) is 5.56 Å². The zero-order valence-corrected chi connectivity index (χ0v) is 13.0. The Bertz CT molecular complexity index is 861. The normalized spacial score (nSPS) is 11.7. The van der Waals surface area contributed by atoms with E-state index >= 15 is 0 Å². The Labute approximate surface area is 137 Å². The van der Waals surface area contributed by atoms with Crippen LogP contribution in [0.4, 0.5) is 13.2 Å². The molecule has 0 saturated heterocycles. The van der Waals surface area contributed by atoms with Gasteiger partial charge in [-0.3, -0.25) is 0 Å². The van der Waals surface area contributed by atoms with Crippen LogP contribution in [0.2, 0.25) is 0 Å². The van der Waals surface area contributed by atoms with Crippen molar-refractivity contribution in [3.8, 4) is 22.8 Å². The number of aromatic nitrogens is 3. The summed E-state index contributed by atoms with van der Waals surface area (Å²) in [7, 11) is 0. The lowest BCUT2D eigenvalue weighted by Gasteiger charge is -2.11. The van der Waals surface area contributed by atoms with E-state index in [1.807, 2.05) is 0 Å². The third-order valence-electron chi connectivity index (χ3n) is 3.13. The average molecular weight is 384 g/mol. The van der Waals surface area contributed by atoms with E-state index in [-0.39, 0.29) is 11.6 Å². The topological polar surface area (TPSA) is 50.9 Å². The van der Waals surface area contributed by atoms with Gasteiger partial charge in [0.15, 0.2) is 5.82 Å². The Kier molecular flexibility index (Phi) is 3.85. The highest BCUT2D eigenvalue weighted by molar-refractivity contribution is 9.10. The number of nitrogens with zero attached hydrogens (tertiary/aromatic N) is 3. The van der Waals surface area contributed by atoms with Crippen LogP contribution < -0.4 is 0 Å². The molecule has 0 aliphatic rings. The largest absolute Gasteiger partial charge is 0.507 e. The molecule has 2 aromatic heterocycles. The van der Waals surface area contributed by atoms with E-state index in [2.05, 4.69) is 26.0 Å². The number of rotatable bonds is 2. The number of hydrogen-bond donors (Lipinski definition) is 1. The lowest BCUT2D eigenvalue weighted by molar-refractivity contribution is -0.137. The van der Waals surface area contributed by atoms with Crippen LogP contribution in [0.5, 0.6) is 5.75 Å². The first-order valence-electron chi connectivity index (χ1n) is 6.43. The maximum atomic E-state index is 13.1. The zero-order valence-electron chi connectivity index (χ0n) is 11.4. The molecule has 0 aliphatic heterocycles.